The van der Waals surface area contributed by atoms with E-state index >= 15 is 0 Å². The molecule has 1 N–H and O–H groups in total. The van der Waals surface area contributed by atoms with Crippen molar-refractivity contribution in [1.82, 2.24) is 0 Å². The zero-order valence-electron chi connectivity index (χ0n) is 20.4. The number of benzene rings is 3. The van der Waals surface area contributed by atoms with Crippen molar-refractivity contribution in [2.45, 2.75) is 38.5 Å². The number of esters is 2. The highest BCUT2D eigenvalue weighted by Gasteiger charge is 2.08. The summed E-state index contributed by atoms with van der Waals surface area (Å²) in [5.41, 5.74) is 2.76. The van der Waals surface area contributed by atoms with Crippen LogP contribution in [-0.2, 0) is 22.4 Å². The van der Waals surface area contributed by atoms with Crippen LogP contribution >= 0.6 is 0 Å². The molecule has 0 aromatic heterocycles. The summed E-state index contributed by atoms with van der Waals surface area (Å²) in [6, 6.07) is 21.6. The Labute approximate surface area is 212 Å². The molecule has 0 saturated heterocycles. The van der Waals surface area contributed by atoms with Gasteiger partial charge in [0, 0.05) is 6.08 Å². The molecule has 0 heterocycles. The summed E-state index contributed by atoms with van der Waals surface area (Å²) in [6.45, 7) is 4.47. The van der Waals surface area contributed by atoms with E-state index in [2.05, 4.69) is 18.7 Å². The predicted octanol–water partition coefficient (Wildman–Crippen LogP) is 6.07. The number of rotatable bonds is 14. The van der Waals surface area contributed by atoms with E-state index in [1.54, 1.807) is 12.1 Å². The van der Waals surface area contributed by atoms with Crippen molar-refractivity contribution in [1.29, 1.82) is 0 Å². The first-order chi connectivity index (χ1) is 17.5. The number of phenols is 1. The fourth-order valence-electron chi connectivity index (χ4n) is 3.51. The van der Waals surface area contributed by atoms with Gasteiger partial charge >= 0.3 is 11.9 Å². The molecular formula is C30H32O6. The molecule has 0 spiro atoms. The summed E-state index contributed by atoms with van der Waals surface area (Å²) < 4.78 is 16.2. The Kier molecular flexibility index (Phi) is 10.6. The first-order valence-corrected chi connectivity index (χ1v) is 12.1. The molecule has 3 aromatic carbocycles. The summed E-state index contributed by atoms with van der Waals surface area (Å²) in [5, 5.41) is 9.33. The maximum atomic E-state index is 12.2. The standard InChI is InChI=1S/C30H32O6/c1-2-29(32)35-22-6-4-3-5-21-34-27-17-9-23(10-18-27)7-8-24-11-19-28(20-12-24)36-30(33)25-13-15-26(31)16-14-25/h2,9-20,31H,1,3-8,21-22H2. The molecule has 0 fully saturated rings. The number of ether oxygens (including phenoxy) is 3. The number of phenolic OH excluding ortho intramolecular Hbond substituents is 1. The maximum absolute atomic E-state index is 12.2. The summed E-state index contributed by atoms with van der Waals surface area (Å²) in [5.74, 6) is 0.613. The molecule has 6 nitrogen and oxygen atoms in total. The van der Waals surface area contributed by atoms with Crippen molar-refractivity contribution in [3.8, 4) is 17.2 Å². The van der Waals surface area contributed by atoms with Crippen LogP contribution in [0.5, 0.6) is 17.2 Å². The van der Waals surface area contributed by atoms with E-state index in [0.29, 0.717) is 24.5 Å². The van der Waals surface area contributed by atoms with Gasteiger partial charge in [0.05, 0.1) is 18.8 Å². The average Bonchev–Trinajstić information content (AvgIpc) is 2.90. The molecule has 3 rings (SSSR count). The Morgan fingerprint density at radius 3 is 1.86 bits per heavy atom. The number of carbonyl (C=O) groups is 2. The molecule has 0 aliphatic carbocycles. The van der Waals surface area contributed by atoms with Crippen LogP contribution in [0.15, 0.2) is 85.5 Å². The molecule has 0 aliphatic rings. The highest BCUT2D eigenvalue weighted by molar-refractivity contribution is 5.91. The Hall–Kier alpha value is -4.06. The van der Waals surface area contributed by atoms with Gasteiger partial charge in [0.15, 0.2) is 0 Å². The van der Waals surface area contributed by atoms with Gasteiger partial charge in [0.25, 0.3) is 0 Å². The molecule has 6 heteroatoms. The lowest BCUT2D eigenvalue weighted by atomic mass is 10.0. The fourth-order valence-corrected chi connectivity index (χ4v) is 3.51. The fraction of sp³-hybridized carbons (Fsp3) is 0.267. The molecule has 0 unspecified atom stereocenters. The number of aryl methyl sites for hydroxylation is 2. The number of unbranched alkanes of at least 4 members (excludes halogenated alkanes) is 3. The summed E-state index contributed by atoms with van der Waals surface area (Å²) in [4.78, 5) is 23.1. The molecule has 0 radical (unpaired) electrons. The van der Waals surface area contributed by atoms with E-state index in [-0.39, 0.29) is 11.7 Å². The summed E-state index contributed by atoms with van der Waals surface area (Å²) in [6.07, 6.45) is 6.77. The molecule has 3 aromatic rings. The van der Waals surface area contributed by atoms with Gasteiger partial charge in [-0.1, -0.05) is 30.8 Å². The van der Waals surface area contributed by atoms with E-state index in [9.17, 15) is 14.7 Å². The first-order valence-electron chi connectivity index (χ1n) is 12.1. The van der Waals surface area contributed by atoms with E-state index in [1.165, 1.54) is 35.9 Å². The molecular weight excluding hydrogens is 456 g/mol. The van der Waals surface area contributed by atoms with E-state index in [1.807, 2.05) is 24.3 Å². The molecule has 0 atom stereocenters. The number of aromatic hydroxyl groups is 1. The van der Waals surface area contributed by atoms with Crippen molar-refractivity contribution in [3.05, 3.63) is 102 Å². The SMILES string of the molecule is C=CC(=O)OCCCCCCOc1ccc(CCc2ccc(OC(=O)c3ccc(O)cc3)cc2)cc1. The number of hydrogen-bond acceptors (Lipinski definition) is 6. The Morgan fingerprint density at radius 1 is 0.722 bits per heavy atom. The van der Waals surface area contributed by atoms with Crippen LogP contribution < -0.4 is 9.47 Å². The Morgan fingerprint density at radius 2 is 1.28 bits per heavy atom. The van der Waals surface area contributed by atoms with Gasteiger partial charge < -0.3 is 19.3 Å². The molecule has 0 saturated carbocycles. The summed E-state index contributed by atoms with van der Waals surface area (Å²) >= 11 is 0. The second-order valence-electron chi connectivity index (χ2n) is 8.36. The lowest BCUT2D eigenvalue weighted by molar-refractivity contribution is -0.137. The van der Waals surface area contributed by atoms with Crippen molar-refractivity contribution in [2.75, 3.05) is 13.2 Å². The van der Waals surface area contributed by atoms with Crippen LogP contribution in [0.2, 0.25) is 0 Å². The summed E-state index contributed by atoms with van der Waals surface area (Å²) in [7, 11) is 0. The zero-order chi connectivity index (χ0) is 25.6. The van der Waals surface area contributed by atoms with Crippen LogP contribution in [0.3, 0.4) is 0 Å². The lowest BCUT2D eigenvalue weighted by Crippen LogP contribution is -2.08. The zero-order valence-corrected chi connectivity index (χ0v) is 20.4. The van der Waals surface area contributed by atoms with Crippen molar-refractivity contribution >= 4 is 11.9 Å². The smallest absolute Gasteiger partial charge is 0.343 e. The molecule has 0 amide bonds. The predicted molar refractivity (Wildman–Crippen MR) is 138 cm³/mol. The highest BCUT2D eigenvalue weighted by Crippen LogP contribution is 2.18. The minimum atomic E-state index is -0.461. The van der Waals surface area contributed by atoms with Crippen LogP contribution in [0, 0.1) is 0 Å². The van der Waals surface area contributed by atoms with E-state index in [0.717, 1.165) is 49.8 Å². The normalized spacial score (nSPS) is 10.4. The van der Waals surface area contributed by atoms with Crippen LogP contribution in [0.25, 0.3) is 0 Å². The Bertz CT molecular complexity index is 1100. The van der Waals surface area contributed by atoms with Crippen LogP contribution in [0.1, 0.15) is 47.2 Å². The van der Waals surface area contributed by atoms with Gasteiger partial charge in [-0.25, -0.2) is 9.59 Å². The van der Waals surface area contributed by atoms with Crippen molar-refractivity contribution in [3.63, 3.8) is 0 Å². The third-order valence-electron chi connectivity index (χ3n) is 5.58. The largest absolute Gasteiger partial charge is 0.508 e. The minimum absolute atomic E-state index is 0.104. The van der Waals surface area contributed by atoms with Crippen LogP contribution in [0.4, 0.5) is 0 Å². The second kappa shape index (κ2) is 14.4. The molecule has 188 valence electrons. The van der Waals surface area contributed by atoms with E-state index in [4.69, 9.17) is 14.2 Å². The van der Waals surface area contributed by atoms with Gasteiger partial charge in [-0.05, 0) is 98.2 Å². The maximum Gasteiger partial charge on any atom is 0.343 e. The average molecular weight is 489 g/mol. The number of hydrogen-bond donors (Lipinski definition) is 1. The van der Waals surface area contributed by atoms with Gasteiger partial charge in [0.2, 0.25) is 0 Å². The van der Waals surface area contributed by atoms with Crippen LogP contribution in [-0.4, -0.2) is 30.3 Å². The van der Waals surface area contributed by atoms with Gasteiger partial charge in [-0.15, -0.1) is 0 Å². The number of carbonyl (C=O) groups excluding carboxylic acids is 2. The second-order valence-corrected chi connectivity index (χ2v) is 8.36. The van der Waals surface area contributed by atoms with Gasteiger partial charge in [-0.3, -0.25) is 0 Å². The molecule has 36 heavy (non-hydrogen) atoms. The highest BCUT2D eigenvalue weighted by atomic mass is 16.5. The van der Waals surface area contributed by atoms with E-state index < -0.39 is 5.97 Å². The topological polar surface area (TPSA) is 82.1 Å². The van der Waals surface area contributed by atoms with Gasteiger partial charge in [-0.2, -0.15) is 0 Å². The lowest BCUT2D eigenvalue weighted by Gasteiger charge is -2.08. The van der Waals surface area contributed by atoms with Crippen molar-refractivity contribution < 1.29 is 28.9 Å². The Balaban J connectivity index is 1.32. The molecule has 0 bridgehead atoms. The first kappa shape index (κ1) is 26.5. The van der Waals surface area contributed by atoms with Gasteiger partial charge in [0.1, 0.15) is 17.2 Å². The monoisotopic (exact) mass is 488 g/mol. The quantitative estimate of drug-likeness (QED) is 0.128. The third-order valence-corrected chi connectivity index (χ3v) is 5.58. The van der Waals surface area contributed by atoms with Crippen molar-refractivity contribution in [2.24, 2.45) is 0 Å². The third kappa shape index (κ3) is 9.29. The molecule has 0 aliphatic heterocycles. The minimum Gasteiger partial charge on any atom is -0.508 e.